The van der Waals surface area contributed by atoms with Crippen molar-refractivity contribution in [1.82, 2.24) is 19.2 Å². The highest BCUT2D eigenvalue weighted by atomic mass is 32.1. The zero-order valence-corrected chi connectivity index (χ0v) is 13.7. The van der Waals surface area contributed by atoms with Crippen molar-refractivity contribution in [3.8, 4) is 0 Å². The van der Waals surface area contributed by atoms with Gasteiger partial charge in [0.1, 0.15) is 6.61 Å². The highest BCUT2D eigenvalue weighted by Gasteiger charge is 2.31. The fourth-order valence-corrected chi connectivity index (χ4v) is 3.60. The summed E-state index contributed by atoms with van der Waals surface area (Å²) in [6.07, 6.45) is 9.55. The molecule has 0 aromatic carbocycles. The van der Waals surface area contributed by atoms with E-state index in [4.69, 9.17) is 12.2 Å². The smallest absolute Gasteiger partial charge is 0.198 e. The van der Waals surface area contributed by atoms with Gasteiger partial charge in [0.2, 0.25) is 0 Å². The maximum Gasteiger partial charge on any atom is 0.198 e. The Labute approximate surface area is 131 Å². The van der Waals surface area contributed by atoms with Crippen LogP contribution in [0.1, 0.15) is 50.8 Å². The second-order valence-electron chi connectivity index (χ2n) is 6.56. The summed E-state index contributed by atoms with van der Waals surface area (Å²) < 4.78 is 4.39. The minimum atomic E-state index is -0.0564. The van der Waals surface area contributed by atoms with Gasteiger partial charge < -0.3 is 9.67 Å². The molecule has 0 unspecified atom stereocenters. The molecule has 1 heterocycles. The number of aliphatic hydroxyl groups is 1. The van der Waals surface area contributed by atoms with Crippen molar-refractivity contribution in [2.75, 3.05) is 6.54 Å². The molecule has 0 saturated heterocycles. The summed E-state index contributed by atoms with van der Waals surface area (Å²) in [5.74, 6) is 1.49. The largest absolute Gasteiger partial charge is 0.388 e. The summed E-state index contributed by atoms with van der Waals surface area (Å²) in [6.45, 7) is 1.89. The molecule has 2 aliphatic rings. The predicted molar refractivity (Wildman–Crippen MR) is 84.3 cm³/mol. The van der Waals surface area contributed by atoms with E-state index < -0.39 is 0 Å². The van der Waals surface area contributed by atoms with E-state index in [9.17, 15) is 5.11 Å². The van der Waals surface area contributed by atoms with E-state index in [2.05, 4.69) is 10.00 Å². The van der Waals surface area contributed by atoms with Crippen LogP contribution < -0.4 is 0 Å². The monoisotopic (exact) mass is 310 g/mol. The van der Waals surface area contributed by atoms with Crippen molar-refractivity contribution in [3.05, 3.63) is 10.6 Å². The molecule has 118 valence electrons. The minimum Gasteiger partial charge on any atom is -0.388 e. The van der Waals surface area contributed by atoms with Crippen molar-refractivity contribution in [1.29, 1.82) is 0 Å². The Hall–Kier alpha value is -0.720. The fraction of sp³-hybridized carbons (Fsp3) is 0.867. The molecular formula is C15H26N4OS. The van der Waals surface area contributed by atoms with Crippen LogP contribution in [0.15, 0.2) is 0 Å². The summed E-state index contributed by atoms with van der Waals surface area (Å²) in [4.78, 5) is 2.56. The molecule has 3 rings (SSSR count). The molecule has 0 bridgehead atoms. The standard InChI is InChI=1S/C15H26N4OS/c1-17-14(10-20)16-19(15(17)21)11-18(13-7-8-13)9-12-5-3-2-4-6-12/h12-13,20H,2-11H2,1H3. The van der Waals surface area contributed by atoms with E-state index >= 15 is 0 Å². The Morgan fingerprint density at radius 3 is 2.52 bits per heavy atom. The van der Waals surface area contributed by atoms with Crippen LogP contribution in [0, 0.1) is 10.7 Å². The lowest BCUT2D eigenvalue weighted by molar-refractivity contribution is 0.146. The summed E-state index contributed by atoms with van der Waals surface area (Å²) in [6, 6.07) is 0.716. The third-order valence-electron chi connectivity index (χ3n) is 4.87. The van der Waals surface area contributed by atoms with Gasteiger partial charge in [0.25, 0.3) is 0 Å². The van der Waals surface area contributed by atoms with Crippen LogP contribution >= 0.6 is 12.2 Å². The van der Waals surface area contributed by atoms with Crippen LogP contribution in [0.25, 0.3) is 0 Å². The maximum atomic E-state index is 9.32. The van der Waals surface area contributed by atoms with Crippen molar-refractivity contribution < 1.29 is 5.11 Å². The van der Waals surface area contributed by atoms with Gasteiger partial charge in [-0.3, -0.25) is 4.90 Å². The van der Waals surface area contributed by atoms with Crippen molar-refractivity contribution in [2.24, 2.45) is 13.0 Å². The number of nitrogens with zero attached hydrogens (tertiary/aromatic N) is 4. The van der Waals surface area contributed by atoms with E-state index in [0.29, 0.717) is 16.6 Å². The van der Waals surface area contributed by atoms with E-state index in [-0.39, 0.29) is 6.61 Å². The topological polar surface area (TPSA) is 46.2 Å². The fourth-order valence-electron chi connectivity index (χ4n) is 3.40. The van der Waals surface area contributed by atoms with Gasteiger partial charge in [-0.25, -0.2) is 4.68 Å². The molecular weight excluding hydrogens is 284 g/mol. The second kappa shape index (κ2) is 6.58. The zero-order valence-electron chi connectivity index (χ0n) is 12.9. The van der Waals surface area contributed by atoms with E-state index in [1.807, 2.05) is 11.7 Å². The first-order chi connectivity index (χ1) is 10.2. The zero-order chi connectivity index (χ0) is 14.8. The van der Waals surface area contributed by atoms with Gasteiger partial charge in [-0.2, -0.15) is 5.10 Å². The van der Waals surface area contributed by atoms with Gasteiger partial charge in [0.05, 0.1) is 6.67 Å². The first-order valence-electron chi connectivity index (χ1n) is 8.16. The van der Waals surface area contributed by atoms with E-state index in [1.54, 1.807) is 4.57 Å². The van der Waals surface area contributed by atoms with Crippen LogP contribution in [0.5, 0.6) is 0 Å². The first-order valence-corrected chi connectivity index (χ1v) is 8.57. The van der Waals surface area contributed by atoms with Gasteiger partial charge in [-0.05, 0) is 43.8 Å². The second-order valence-corrected chi connectivity index (χ2v) is 6.93. The van der Waals surface area contributed by atoms with Gasteiger partial charge in [0, 0.05) is 19.6 Å². The molecule has 0 amide bonds. The Morgan fingerprint density at radius 1 is 1.24 bits per heavy atom. The van der Waals surface area contributed by atoms with Gasteiger partial charge in [-0.1, -0.05) is 19.3 Å². The Morgan fingerprint density at radius 2 is 1.95 bits per heavy atom. The third kappa shape index (κ3) is 3.55. The minimum absolute atomic E-state index is 0.0564. The van der Waals surface area contributed by atoms with Crippen molar-refractivity contribution in [3.63, 3.8) is 0 Å². The molecule has 0 radical (unpaired) electrons. The van der Waals surface area contributed by atoms with Crippen LogP contribution in [0.2, 0.25) is 0 Å². The molecule has 5 nitrogen and oxygen atoms in total. The molecule has 6 heteroatoms. The highest BCUT2D eigenvalue weighted by molar-refractivity contribution is 7.71. The average Bonchev–Trinajstić information content (AvgIpc) is 3.31. The summed E-state index contributed by atoms with van der Waals surface area (Å²) in [5.41, 5.74) is 0. The molecule has 2 fully saturated rings. The number of rotatable bonds is 6. The van der Waals surface area contributed by atoms with Gasteiger partial charge >= 0.3 is 0 Å². The molecule has 1 N–H and O–H groups in total. The number of aromatic nitrogens is 3. The predicted octanol–water partition coefficient (Wildman–Crippen LogP) is 2.45. The summed E-state index contributed by atoms with van der Waals surface area (Å²) in [7, 11) is 1.87. The molecule has 0 spiro atoms. The third-order valence-corrected chi connectivity index (χ3v) is 5.35. The normalized spacial score (nSPS) is 20.3. The van der Waals surface area contributed by atoms with Crippen LogP contribution in [-0.4, -0.2) is 36.9 Å². The maximum absolute atomic E-state index is 9.32. The lowest BCUT2D eigenvalue weighted by atomic mass is 9.89. The van der Waals surface area contributed by atoms with Crippen molar-refractivity contribution in [2.45, 2.75) is 64.3 Å². The number of hydrogen-bond donors (Lipinski definition) is 1. The van der Waals surface area contributed by atoms with Gasteiger partial charge in [-0.15, -0.1) is 0 Å². The first kappa shape index (κ1) is 15.2. The molecule has 0 aliphatic heterocycles. The van der Waals surface area contributed by atoms with Crippen LogP contribution in [0.3, 0.4) is 0 Å². The van der Waals surface area contributed by atoms with Crippen molar-refractivity contribution >= 4 is 12.2 Å². The highest BCUT2D eigenvalue weighted by Crippen LogP contribution is 2.31. The molecule has 2 saturated carbocycles. The van der Waals surface area contributed by atoms with Crippen LogP contribution in [0.4, 0.5) is 0 Å². The Bertz CT molecular complexity index is 528. The lowest BCUT2D eigenvalue weighted by Crippen LogP contribution is -2.34. The van der Waals surface area contributed by atoms with Crippen LogP contribution in [-0.2, 0) is 20.3 Å². The molecule has 2 aliphatic carbocycles. The molecule has 21 heavy (non-hydrogen) atoms. The lowest BCUT2D eigenvalue weighted by Gasteiger charge is -2.29. The summed E-state index contributed by atoms with van der Waals surface area (Å²) in [5, 5.41) is 13.8. The molecule has 1 aromatic rings. The average molecular weight is 310 g/mol. The quantitative estimate of drug-likeness (QED) is 0.820. The van der Waals surface area contributed by atoms with Gasteiger partial charge in [0.15, 0.2) is 10.6 Å². The Balaban J connectivity index is 1.68. The SMILES string of the molecule is Cn1c(CO)nn(CN(CC2CCCCC2)C2CC2)c1=S. The molecule has 1 aromatic heterocycles. The Kier molecular flexibility index (Phi) is 4.76. The number of aliphatic hydroxyl groups excluding tert-OH is 1. The van der Waals surface area contributed by atoms with E-state index in [1.165, 1.54) is 51.5 Å². The van der Waals surface area contributed by atoms with E-state index in [0.717, 1.165) is 12.6 Å². The molecule has 0 atom stereocenters. The summed E-state index contributed by atoms with van der Waals surface area (Å²) >= 11 is 5.44. The number of hydrogen-bond acceptors (Lipinski definition) is 4.